The maximum atomic E-state index is 12.7. The molecule has 1 aliphatic rings. The van der Waals surface area contributed by atoms with Crippen LogP contribution in [0.3, 0.4) is 0 Å². The lowest BCUT2D eigenvalue weighted by Crippen LogP contribution is -2.30. The minimum Gasteiger partial charge on any atom is -0.465 e. The standard InChI is InChI=1S/C24H19NO5S/c1-29-23(27)18-9-7-17(8-10-18)20-12-11-19(30-20)15-21-22(26)25(24(28)31-21)14-13-16-5-3-2-4-6-16/h2-12,15H,13-14H2,1H3/b21-15+. The van der Waals surface area contributed by atoms with Crippen molar-refractivity contribution in [3.63, 3.8) is 0 Å². The van der Waals surface area contributed by atoms with Gasteiger partial charge in [-0.2, -0.15) is 0 Å². The molecule has 1 fully saturated rings. The highest BCUT2D eigenvalue weighted by atomic mass is 32.2. The number of benzene rings is 2. The van der Waals surface area contributed by atoms with E-state index in [9.17, 15) is 14.4 Å². The summed E-state index contributed by atoms with van der Waals surface area (Å²) < 4.78 is 10.5. The summed E-state index contributed by atoms with van der Waals surface area (Å²) in [4.78, 5) is 38.1. The van der Waals surface area contributed by atoms with Gasteiger partial charge in [0.2, 0.25) is 0 Å². The Hall–Kier alpha value is -3.58. The van der Waals surface area contributed by atoms with Gasteiger partial charge in [-0.3, -0.25) is 14.5 Å². The SMILES string of the molecule is COC(=O)c1ccc(-c2ccc(/C=C3/SC(=O)N(CCc4ccccc4)C3=O)o2)cc1. The molecule has 0 N–H and O–H groups in total. The molecule has 0 spiro atoms. The van der Waals surface area contributed by atoms with Crippen molar-refractivity contribution in [2.45, 2.75) is 6.42 Å². The maximum Gasteiger partial charge on any atom is 0.337 e. The Morgan fingerprint density at radius 3 is 2.48 bits per heavy atom. The van der Waals surface area contributed by atoms with Crippen LogP contribution in [0.25, 0.3) is 17.4 Å². The van der Waals surface area contributed by atoms with Gasteiger partial charge >= 0.3 is 5.97 Å². The minimum atomic E-state index is -0.408. The number of rotatable bonds is 6. The number of ether oxygens (including phenoxy) is 1. The van der Waals surface area contributed by atoms with Crippen LogP contribution in [0.5, 0.6) is 0 Å². The van der Waals surface area contributed by atoms with Crippen LogP contribution < -0.4 is 0 Å². The molecule has 31 heavy (non-hydrogen) atoms. The van der Waals surface area contributed by atoms with Gasteiger partial charge in [0, 0.05) is 18.2 Å². The van der Waals surface area contributed by atoms with E-state index in [1.54, 1.807) is 42.5 Å². The van der Waals surface area contributed by atoms with Gasteiger partial charge in [0.25, 0.3) is 11.1 Å². The number of nitrogens with zero attached hydrogens (tertiary/aromatic N) is 1. The molecule has 6 nitrogen and oxygen atoms in total. The highest BCUT2D eigenvalue weighted by Crippen LogP contribution is 2.33. The van der Waals surface area contributed by atoms with Crippen LogP contribution >= 0.6 is 11.8 Å². The molecular weight excluding hydrogens is 414 g/mol. The predicted molar refractivity (Wildman–Crippen MR) is 118 cm³/mol. The van der Waals surface area contributed by atoms with Crippen LogP contribution in [0.2, 0.25) is 0 Å². The normalized spacial score (nSPS) is 15.0. The summed E-state index contributed by atoms with van der Waals surface area (Å²) in [6.07, 6.45) is 2.19. The maximum absolute atomic E-state index is 12.7. The van der Waals surface area contributed by atoms with Gasteiger partial charge in [-0.1, -0.05) is 42.5 Å². The van der Waals surface area contributed by atoms with Crippen LogP contribution in [0, 0.1) is 0 Å². The summed E-state index contributed by atoms with van der Waals surface area (Å²) in [6.45, 7) is 0.335. The molecule has 0 saturated carbocycles. The third-order valence-corrected chi connectivity index (χ3v) is 5.74. The topological polar surface area (TPSA) is 76.8 Å². The first-order chi connectivity index (χ1) is 15.0. The van der Waals surface area contributed by atoms with Crippen molar-refractivity contribution in [2.24, 2.45) is 0 Å². The van der Waals surface area contributed by atoms with Crippen LogP contribution in [0.4, 0.5) is 4.79 Å². The van der Waals surface area contributed by atoms with Crippen molar-refractivity contribution >= 4 is 35.0 Å². The Balaban J connectivity index is 1.45. The van der Waals surface area contributed by atoms with Gasteiger partial charge in [-0.05, 0) is 48.0 Å². The molecule has 7 heteroatoms. The molecule has 0 radical (unpaired) electrons. The van der Waals surface area contributed by atoms with E-state index >= 15 is 0 Å². The summed E-state index contributed by atoms with van der Waals surface area (Å²) in [7, 11) is 1.33. The van der Waals surface area contributed by atoms with E-state index in [1.807, 2.05) is 30.3 Å². The lowest BCUT2D eigenvalue weighted by molar-refractivity contribution is -0.122. The van der Waals surface area contributed by atoms with Crippen molar-refractivity contribution in [3.8, 4) is 11.3 Å². The summed E-state index contributed by atoms with van der Waals surface area (Å²) in [6, 6.07) is 20.1. The van der Waals surface area contributed by atoms with Gasteiger partial charge in [0.1, 0.15) is 11.5 Å². The third kappa shape index (κ3) is 4.62. The molecule has 3 aromatic rings. The van der Waals surface area contributed by atoms with Crippen LogP contribution in [0.15, 0.2) is 76.1 Å². The molecule has 2 aromatic carbocycles. The number of furan rings is 1. The number of amides is 2. The molecule has 0 unspecified atom stereocenters. The number of methoxy groups -OCH3 is 1. The number of carbonyl (C=O) groups is 3. The van der Waals surface area contributed by atoms with E-state index in [0.29, 0.717) is 35.0 Å². The van der Waals surface area contributed by atoms with Gasteiger partial charge in [-0.15, -0.1) is 0 Å². The van der Waals surface area contributed by atoms with E-state index in [0.717, 1.165) is 22.9 Å². The van der Waals surface area contributed by atoms with Crippen LogP contribution in [-0.4, -0.2) is 35.7 Å². The molecule has 1 aliphatic heterocycles. The van der Waals surface area contributed by atoms with Crippen LogP contribution in [0.1, 0.15) is 21.7 Å². The van der Waals surface area contributed by atoms with E-state index in [2.05, 4.69) is 0 Å². The minimum absolute atomic E-state index is 0.280. The third-order valence-electron chi connectivity index (χ3n) is 4.83. The number of hydrogen-bond acceptors (Lipinski definition) is 6. The van der Waals surface area contributed by atoms with Gasteiger partial charge < -0.3 is 9.15 Å². The Kier molecular flexibility index (Phi) is 6.04. The van der Waals surface area contributed by atoms with Crippen molar-refractivity contribution in [2.75, 3.05) is 13.7 Å². The first kappa shape index (κ1) is 20.7. The summed E-state index contributed by atoms with van der Waals surface area (Å²) in [5.74, 6) is 0.340. The molecule has 156 valence electrons. The zero-order chi connectivity index (χ0) is 21.8. The monoisotopic (exact) mass is 433 g/mol. The first-order valence-electron chi connectivity index (χ1n) is 9.63. The summed E-state index contributed by atoms with van der Waals surface area (Å²) in [5.41, 5.74) is 2.30. The zero-order valence-corrected chi connectivity index (χ0v) is 17.6. The van der Waals surface area contributed by atoms with Crippen molar-refractivity contribution in [1.29, 1.82) is 0 Å². The number of imide groups is 1. The number of thioether (sulfide) groups is 1. The van der Waals surface area contributed by atoms with Crippen molar-refractivity contribution < 1.29 is 23.5 Å². The second-order valence-electron chi connectivity index (χ2n) is 6.84. The highest BCUT2D eigenvalue weighted by molar-refractivity contribution is 8.18. The van der Waals surface area contributed by atoms with E-state index in [-0.39, 0.29) is 11.1 Å². The molecule has 1 saturated heterocycles. The molecule has 1 aromatic heterocycles. The summed E-state index contributed by atoms with van der Waals surface area (Å²) in [5, 5.41) is -0.280. The quantitative estimate of drug-likeness (QED) is 0.402. The average Bonchev–Trinajstić information content (AvgIpc) is 3.37. The first-order valence-corrected chi connectivity index (χ1v) is 10.4. The van der Waals surface area contributed by atoms with E-state index < -0.39 is 5.97 Å². The second kappa shape index (κ2) is 9.06. The van der Waals surface area contributed by atoms with E-state index in [1.165, 1.54) is 12.0 Å². The number of esters is 1. The molecule has 2 heterocycles. The number of hydrogen-bond donors (Lipinski definition) is 0. The Morgan fingerprint density at radius 1 is 1.03 bits per heavy atom. The lowest BCUT2D eigenvalue weighted by Gasteiger charge is -2.11. The fourth-order valence-electron chi connectivity index (χ4n) is 3.18. The molecule has 4 rings (SSSR count). The Labute approximate surface area is 183 Å². The largest absolute Gasteiger partial charge is 0.465 e. The fraction of sp³-hybridized carbons (Fsp3) is 0.125. The van der Waals surface area contributed by atoms with Gasteiger partial charge in [-0.25, -0.2) is 4.79 Å². The average molecular weight is 433 g/mol. The van der Waals surface area contributed by atoms with Gasteiger partial charge in [0.15, 0.2) is 0 Å². The fourth-order valence-corrected chi connectivity index (χ4v) is 4.03. The zero-order valence-electron chi connectivity index (χ0n) is 16.7. The highest BCUT2D eigenvalue weighted by Gasteiger charge is 2.34. The second-order valence-corrected chi connectivity index (χ2v) is 7.83. The lowest BCUT2D eigenvalue weighted by atomic mass is 10.1. The van der Waals surface area contributed by atoms with Gasteiger partial charge in [0.05, 0.1) is 17.6 Å². The number of carbonyl (C=O) groups excluding carboxylic acids is 3. The molecule has 0 bridgehead atoms. The predicted octanol–water partition coefficient (Wildman–Crippen LogP) is 5.01. The van der Waals surface area contributed by atoms with E-state index in [4.69, 9.17) is 9.15 Å². The molecule has 0 atom stereocenters. The summed E-state index contributed by atoms with van der Waals surface area (Å²) >= 11 is 0.912. The van der Waals surface area contributed by atoms with Crippen molar-refractivity contribution in [3.05, 3.63) is 88.5 Å². The Bertz CT molecular complexity index is 1150. The molecule has 0 aliphatic carbocycles. The molecule has 2 amide bonds. The molecular formula is C24H19NO5S. The van der Waals surface area contributed by atoms with Crippen molar-refractivity contribution in [1.82, 2.24) is 4.90 Å². The van der Waals surface area contributed by atoms with Crippen LogP contribution in [-0.2, 0) is 16.0 Å². The Morgan fingerprint density at radius 2 is 1.77 bits per heavy atom. The smallest absolute Gasteiger partial charge is 0.337 e.